The molecule has 0 aliphatic heterocycles. The second kappa shape index (κ2) is 5.39. The summed E-state index contributed by atoms with van der Waals surface area (Å²) >= 11 is 9.13. The summed E-state index contributed by atoms with van der Waals surface area (Å²) in [5, 5.41) is 0. The van der Waals surface area contributed by atoms with Crippen molar-refractivity contribution >= 4 is 38.6 Å². The number of alkyl halides is 1. The molecule has 0 unspecified atom stereocenters. The molecule has 2 aromatic carbocycles. The van der Waals surface area contributed by atoms with Crippen molar-refractivity contribution in [3.63, 3.8) is 0 Å². The first-order valence-electron chi connectivity index (χ1n) is 6.20. The summed E-state index contributed by atoms with van der Waals surface area (Å²) in [6.45, 7) is 1.81. The lowest BCUT2D eigenvalue weighted by molar-refractivity contribution is 0.623. The number of nitrogens with zero attached hydrogens (tertiary/aromatic N) is 2. The number of halogens is 4. The SMILES string of the molecule is Cc1cc(F)ccc1-n1c(CCl)nc2cc(F)c(Br)cc21. The molecule has 3 rings (SSSR count). The van der Waals surface area contributed by atoms with Crippen LogP contribution in [-0.4, -0.2) is 9.55 Å². The molecule has 6 heteroatoms. The highest BCUT2D eigenvalue weighted by Gasteiger charge is 2.15. The second-order valence-corrected chi connectivity index (χ2v) is 5.80. The molecule has 0 spiro atoms. The molecule has 0 radical (unpaired) electrons. The van der Waals surface area contributed by atoms with Crippen LogP contribution in [0.3, 0.4) is 0 Å². The van der Waals surface area contributed by atoms with Gasteiger partial charge in [0.2, 0.25) is 0 Å². The van der Waals surface area contributed by atoms with Gasteiger partial charge in [0, 0.05) is 6.07 Å². The fraction of sp³-hybridized carbons (Fsp3) is 0.133. The van der Waals surface area contributed by atoms with Crippen molar-refractivity contribution in [2.75, 3.05) is 0 Å². The fourth-order valence-electron chi connectivity index (χ4n) is 2.35. The van der Waals surface area contributed by atoms with Crippen LogP contribution < -0.4 is 0 Å². The van der Waals surface area contributed by atoms with Gasteiger partial charge in [0.15, 0.2) is 0 Å². The molecule has 3 aromatic rings. The van der Waals surface area contributed by atoms with E-state index in [1.165, 1.54) is 18.2 Å². The Hall–Kier alpha value is -1.46. The molecule has 0 N–H and O–H groups in total. The predicted octanol–water partition coefficient (Wildman–Crippen LogP) is 5.11. The number of hydrogen-bond acceptors (Lipinski definition) is 1. The molecular weight excluding hydrogens is 362 g/mol. The summed E-state index contributed by atoms with van der Waals surface area (Å²) in [6, 6.07) is 7.49. The molecule has 0 aliphatic carbocycles. The monoisotopic (exact) mass is 370 g/mol. The Labute approximate surface area is 133 Å². The molecule has 108 valence electrons. The number of rotatable bonds is 2. The summed E-state index contributed by atoms with van der Waals surface area (Å²) in [5.41, 5.74) is 2.75. The largest absolute Gasteiger partial charge is 0.295 e. The Bertz CT molecular complexity index is 845. The van der Waals surface area contributed by atoms with Gasteiger partial charge in [0.05, 0.1) is 27.1 Å². The maximum atomic E-state index is 13.6. The highest BCUT2D eigenvalue weighted by molar-refractivity contribution is 9.10. The van der Waals surface area contributed by atoms with Crippen LogP contribution in [0.5, 0.6) is 0 Å². The van der Waals surface area contributed by atoms with Gasteiger partial charge in [-0.25, -0.2) is 13.8 Å². The van der Waals surface area contributed by atoms with Gasteiger partial charge in [0.1, 0.15) is 17.5 Å². The van der Waals surface area contributed by atoms with Crippen LogP contribution in [0.4, 0.5) is 8.78 Å². The Morgan fingerprint density at radius 1 is 1.24 bits per heavy atom. The molecule has 0 aliphatic rings. The Morgan fingerprint density at radius 2 is 2.00 bits per heavy atom. The lowest BCUT2D eigenvalue weighted by Gasteiger charge is -2.11. The van der Waals surface area contributed by atoms with Crippen molar-refractivity contribution in [2.45, 2.75) is 12.8 Å². The van der Waals surface area contributed by atoms with Gasteiger partial charge in [-0.15, -0.1) is 11.6 Å². The van der Waals surface area contributed by atoms with Gasteiger partial charge in [-0.3, -0.25) is 4.57 Å². The van der Waals surface area contributed by atoms with E-state index in [2.05, 4.69) is 20.9 Å². The summed E-state index contributed by atoms with van der Waals surface area (Å²) in [4.78, 5) is 4.35. The van der Waals surface area contributed by atoms with Crippen LogP contribution in [0.25, 0.3) is 16.7 Å². The quantitative estimate of drug-likeness (QED) is 0.572. The molecule has 1 aromatic heterocycles. The molecule has 0 atom stereocenters. The standard InChI is InChI=1S/C15H10BrClF2N2/c1-8-4-9(18)2-3-13(8)21-14-5-10(16)11(19)6-12(14)20-15(21)7-17/h2-6H,7H2,1H3. The van der Waals surface area contributed by atoms with Crippen molar-refractivity contribution in [2.24, 2.45) is 0 Å². The van der Waals surface area contributed by atoms with E-state index in [1.807, 2.05) is 4.57 Å². The molecule has 1 heterocycles. The van der Waals surface area contributed by atoms with Gasteiger partial charge < -0.3 is 0 Å². The predicted molar refractivity (Wildman–Crippen MR) is 83.0 cm³/mol. The fourth-order valence-corrected chi connectivity index (χ4v) is 2.86. The summed E-state index contributed by atoms with van der Waals surface area (Å²) in [5.74, 6) is 0.0633. The number of aromatic nitrogens is 2. The average molecular weight is 372 g/mol. The topological polar surface area (TPSA) is 17.8 Å². The van der Waals surface area contributed by atoms with E-state index >= 15 is 0 Å². The van der Waals surface area contributed by atoms with Crippen LogP contribution in [0, 0.1) is 18.6 Å². The first kappa shape index (κ1) is 14.5. The van der Waals surface area contributed by atoms with Crippen LogP contribution in [0.1, 0.15) is 11.4 Å². The number of fused-ring (bicyclic) bond motifs is 1. The second-order valence-electron chi connectivity index (χ2n) is 4.68. The number of hydrogen-bond donors (Lipinski definition) is 0. The number of aryl methyl sites for hydroxylation is 1. The van der Waals surface area contributed by atoms with Gasteiger partial charge in [-0.05, 0) is 52.7 Å². The molecule has 0 amide bonds. The van der Waals surface area contributed by atoms with Gasteiger partial charge >= 0.3 is 0 Å². The van der Waals surface area contributed by atoms with E-state index in [0.29, 0.717) is 21.3 Å². The molecule has 0 saturated carbocycles. The third kappa shape index (κ3) is 2.45. The maximum absolute atomic E-state index is 13.6. The van der Waals surface area contributed by atoms with Crippen LogP contribution >= 0.6 is 27.5 Å². The van der Waals surface area contributed by atoms with Crippen molar-refractivity contribution in [1.29, 1.82) is 0 Å². The Kier molecular flexibility index (Phi) is 3.71. The van der Waals surface area contributed by atoms with Crippen LogP contribution in [-0.2, 0) is 5.88 Å². The first-order chi connectivity index (χ1) is 10.0. The molecule has 21 heavy (non-hydrogen) atoms. The van der Waals surface area contributed by atoms with Gasteiger partial charge in [-0.2, -0.15) is 0 Å². The van der Waals surface area contributed by atoms with Crippen LogP contribution in [0.2, 0.25) is 0 Å². The zero-order valence-corrected chi connectivity index (χ0v) is 13.3. The van der Waals surface area contributed by atoms with E-state index in [-0.39, 0.29) is 17.5 Å². The highest BCUT2D eigenvalue weighted by atomic mass is 79.9. The lowest BCUT2D eigenvalue weighted by Crippen LogP contribution is -2.02. The smallest absolute Gasteiger partial charge is 0.139 e. The first-order valence-corrected chi connectivity index (χ1v) is 7.53. The lowest BCUT2D eigenvalue weighted by atomic mass is 10.2. The van der Waals surface area contributed by atoms with Crippen molar-refractivity contribution in [1.82, 2.24) is 9.55 Å². The Balaban J connectivity index is 2.37. The minimum absolute atomic E-state index is 0.171. The summed E-state index contributed by atoms with van der Waals surface area (Å²) in [7, 11) is 0. The number of imidazole rings is 1. The van der Waals surface area contributed by atoms with E-state index in [9.17, 15) is 8.78 Å². The third-order valence-corrected chi connectivity index (χ3v) is 4.13. The zero-order chi connectivity index (χ0) is 15.1. The normalized spacial score (nSPS) is 11.3. The molecule has 2 nitrogen and oxygen atoms in total. The van der Waals surface area contributed by atoms with E-state index < -0.39 is 0 Å². The third-order valence-electron chi connectivity index (χ3n) is 3.29. The van der Waals surface area contributed by atoms with E-state index in [1.54, 1.807) is 19.1 Å². The Morgan fingerprint density at radius 3 is 2.67 bits per heavy atom. The molecule has 0 saturated heterocycles. The minimum atomic E-state index is -0.385. The molecular formula is C15H10BrClF2N2. The van der Waals surface area contributed by atoms with E-state index in [0.717, 1.165) is 11.3 Å². The van der Waals surface area contributed by atoms with E-state index in [4.69, 9.17) is 11.6 Å². The van der Waals surface area contributed by atoms with Crippen molar-refractivity contribution in [3.05, 3.63) is 57.8 Å². The minimum Gasteiger partial charge on any atom is -0.295 e. The maximum Gasteiger partial charge on any atom is 0.139 e. The summed E-state index contributed by atoms with van der Waals surface area (Å²) in [6.07, 6.45) is 0. The summed E-state index contributed by atoms with van der Waals surface area (Å²) < 4.78 is 29.1. The molecule has 0 bridgehead atoms. The highest BCUT2D eigenvalue weighted by Crippen LogP contribution is 2.29. The zero-order valence-electron chi connectivity index (χ0n) is 11.0. The van der Waals surface area contributed by atoms with Gasteiger partial charge in [0.25, 0.3) is 0 Å². The molecule has 0 fully saturated rings. The van der Waals surface area contributed by atoms with Crippen LogP contribution in [0.15, 0.2) is 34.8 Å². The average Bonchev–Trinajstić information content (AvgIpc) is 2.77. The van der Waals surface area contributed by atoms with Crippen molar-refractivity contribution < 1.29 is 8.78 Å². The number of benzene rings is 2. The van der Waals surface area contributed by atoms with Crippen molar-refractivity contribution in [3.8, 4) is 5.69 Å². The van der Waals surface area contributed by atoms with Gasteiger partial charge in [-0.1, -0.05) is 0 Å².